The molecule has 2 heteroatoms. The van der Waals surface area contributed by atoms with Crippen molar-refractivity contribution in [3.05, 3.63) is 57.8 Å². The fourth-order valence-electron chi connectivity index (χ4n) is 1.59. The molecular weight excluding hydrogens is 202 g/mol. The Hall–Kier alpha value is -1.12. The first-order valence-corrected chi connectivity index (χ1v) is 6.03. The molecule has 1 aromatic carbocycles. The van der Waals surface area contributed by atoms with Crippen LogP contribution in [0.25, 0.3) is 0 Å². The van der Waals surface area contributed by atoms with Crippen LogP contribution >= 0.6 is 11.3 Å². The zero-order valence-corrected chi connectivity index (χ0v) is 9.63. The van der Waals surface area contributed by atoms with Crippen molar-refractivity contribution in [3.63, 3.8) is 0 Å². The maximum absolute atomic E-state index is 6.14. The molecule has 0 bridgehead atoms. The van der Waals surface area contributed by atoms with Gasteiger partial charge in [-0.3, -0.25) is 0 Å². The number of thiophene rings is 1. The highest BCUT2D eigenvalue weighted by Crippen LogP contribution is 2.18. The van der Waals surface area contributed by atoms with Crippen molar-refractivity contribution in [2.75, 3.05) is 0 Å². The molecule has 0 aliphatic heterocycles. The number of nitrogens with two attached hydrogens (primary N) is 1. The molecule has 2 rings (SSSR count). The van der Waals surface area contributed by atoms with Gasteiger partial charge in [-0.15, -0.1) is 0 Å². The fourth-order valence-corrected chi connectivity index (χ4v) is 2.28. The van der Waals surface area contributed by atoms with E-state index in [1.807, 2.05) is 0 Å². The summed E-state index contributed by atoms with van der Waals surface area (Å²) in [7, 11) is 0. The van der Waals surface area contributed by atoms with Gasteiger partial charge in [0.05, 0.1) is 0 Å². The molecule has 0 spiro atoms. The first-order valence-electron chi connectivity index (χ1n) is 5.09. The van der Waals surface area contributed by atoms with E-state index in [0.29, 0.717) is 0 Å². The maximum Gasteiger partial charge on any atom is 0.0336 e. The van der Waals surface area contributed by atoms with Crippen molar-refractivity contribution in [1.29, 1.82) is 0 Å². The van der Waals surface area contributed by atoms with Crippen molar-refractivity contribution >= 4 is 11.3 Å². The molecule has 1 heterocycles. The molecule has 1 unspecified atom stereocenters. The van der Waals surface area contributed by atoms with E-state index in [1.54, 1.807) is 11.3 Å². The van der Waals surface area contributed by atoms with Crippen LogP contribution in [0.15, 0.2) is 41.1 Å². The number of hydrogen-bond acceptors (Lipinski definition) is 2. The molecule has 1 atom stereocenters. The van der Waals surface area contributed by atoms with Gasteiger partial charge in [-0.1, -0.05) is 29.8 Å². The predicted molar refractivity (Wildman–Crippen MR) is 66.1 cm³/mol. The SMILES string of the molecule is Cc1ccc(C(N)Cc2ccsc2)cc1. The normalized spacial score (nSPS) is 12.7. The summed E-state index contributed by atoms with van der Waals surface area (Å²) in [5, 5.41) is 4.26. The smallest absolute Gasteiger partial charge is 0.0336 e. The molecule has 2 aromatic rings. The summed E-state index contributed by atoms with van der Waals surface area (Å²) in [6.45, 7) is 2.09. The molecule has 0 amide bonds. The van der Waals surface area contributed by atoms with Gasteiger partial charge in [-0.05, 0) is 41.3 Å². The van der Waals surface area contributed by atoms with Crippen LogP contribution in [0.3, 0.4) is 0 Å². The Morgan fingerprint density at radius 1 is 1.20 bits per heavy atom. The molecule has 0 aliphatic carbocycles. The number of rotatable bonds is 3. The zero-order chi connectivity index (χ0) is 10.7. The standard InChI is InChI=1S/C13H15NS/c1-10-2-4-12(5-3-10)13(14)8-11-6-7-15-9-11/h2-7,9,13H,8,14H2,1H3. The van der Waals surface area contributed by atoms with Gasteiger partial charge in [-0.2, -0.15) is 11.3 Å². The predicted octanol–water partition coefficient (Wildman–Crippen LogP) is 3.30. The van der Waals surface area contributed by atoms with Crippen LogP contribution in [-0.2, 0) is 6.42 Å². The molecule has 1 nitrogen and oxygen atoms in total. The van der Waals surface area contributed by atoms with E-state index in [4.69, 9.17) is 5.73 Å². The molecule has 0 saturated carbocycles. The minimum absolute atomic E-state index is 0.111. The zero-order valence-electron chi connectivity index (χ0n) is 8.81. The first kappa shape index (κ1) is 10.4. The van der Waals surface area contributed by atoms with Gasteiger partial charge in [0, 0.05) is 6.04 Å². The quantitative estimate of drug-likeness (QED) is 0.838. The molecule has 0 aliphatic rings. The van der Waals surface area contributed by atoms with E-state index < -0.39 is 0 Å². The van der Waals surface area contributed by atoms with Crippen molar-refractivity contribution in [2.45, 2.75) is 19.4 Å². The largest absolute Gasteiger partial charge is 0.324 e. The summed E-state index contributed by atoms with van der Waals surface area (Å²) >= 11 is 1.72. The lowest BCUT2D eigenvalue weighted by Crippen LogP contribution is -2.12. The van der Waals surface area contributed by atoms with Gasteiger partial charge in [0.25, 0.3) is 0 Å². The second-order valence-electron chi connectivity index (χ2n) is 3.85. The highest BCUT2D eigenvalue weighted by Gasteiger charge is 2.06. The third kappa shape index (κ3) is 2.67. The van der Waals surface area contributed by atoms with Crippen LogP contribution in [0.4, 0.5) is 0 Å². The summed E-state index contributed by atoms with van der Waals surface area (Å²) in [5.74, 6) is 0. The molecule has 2 N–H and O–H groups in total. The van der Waals surface area contributed by atoms with Crippen LogP contribution in [-0.4, -0.2) is 0 Å². The lowest BCUT2D eigenvalue weighted by atomic mass is 10.0. The van der Waals surface area contributed by atoms with Crippen LogP contribution in [0.1, 0.15) is 22.7 Å². The monoisotopic (exact) mass is 217 g/mol. The Morgan fingerprint density at radius 2 is 1.93 bits per heavy atom. The third-order valence-electron chi connectivity index (χ3n) is 2.54. The van der Waals surface area contributed by atoms with E-state index in [1.165, 1.54) is 16.7 Å². The van der Waals surface area contributed by atoms with E-state index >= 15 is 0 Å². The van der Waals surface area contributed by atoms with Crippen LogP contribution in [0.5, 0.6) is 0 Å². The Balaban J connectivity index is 2.08. The molecule has 15 heavy (non-hydrogen) atoms. The fraction of sp³-hybridized carbons (Fsp3) is 0.231. The first-order chi connectivity index (χ1) is 7.25. The lowest BCUT2D eigenvalue weighted by Gasteiger charge is -2.11. The summed E-state index contributed by atoms with van der Waals surface area (Å²) in [5.41, 5.74) is 9.96. The topological polar surface area (TPSA) is 26.0 Å². The van der Waals surface area contributed by atoms with E-state index in [-0.39, 0.29) is 6.04 Å². The van der Waals surface area contributed by atoms with E-state index in [0.717, 1.165) is 6.42 Å². The molecule has 0 saturated heterocycles. The summed E-state index contributed by atoms with van der Waals surface area (Å²) in [6, 6.07) is 10.7. The van der Waals surface area contributed by atoms with Gasteiger partial charge in [-0.25, -0.2) is 0 Å². The highest BCUT2D eigenvalue weighted by atomic mass is 32.1. The van der Waals surface area contributed by atoms with E-state index in [9.17, 15) is 0 Å². The summed E-state index contributed by atoms with van der Waals surface area (Å²) in [6.07, 6.45) is 0.923. The van der Waals surface area contributed by atoms with Crippen molar-refractivity contribution in [3.8, 4) is 0 Å². The number of aryl methyl sites for hydroxylation is 1. The Labute approximate surface area is 94.6 Å². The number of hydrogen-bond donors (Lipinski definition) is 1. The highest BCUT2D eigenvalue weighted by molar-refractivity contribution is 7.07. The lowest BCUT2D eigenvalue weighted by molar-refractivity contribution is 0.723. The minimum Gasteiger partial charge on any atom is -0.324 e. The van der Waals surface area contributed by atoms with Crippen LogP contribution in [0.2, 0.25) is 0 Å². The molecule has 78 valence electrons. The van der Waals surface area contributed by atoms with Gasteiger partial charge < -0.3 is 5.73 Å². The minimum atomic E-state index is 0.111. The van der Waals surface area contributed by atoms with Crippen LogP contribution in [0, 0.1) is 6.92 Å². The van der Waals surface area contributed by atoms with Gasteiger partial charge in [0.15, 0.2) is 0 Å². The molecule has 1 aromatic heterocycles. The Morgan fingerprint density at radius 3 is 2.53 bits per heavy atom. The maximum atomic E-state index is 6.14. The molecular formula is C13H15NS. The van der Waals surface area contributed by atoms with Crippen molar-refractivity contribution in [2.24, 2.45) is 5.73 Å². The average molecular weight is 217 g/mol. The molecule has 0 fully saturated rings. The third-order valence-corrected chi connectivity index (χ3v) is 3.27. The Bertz CT molecular complexity index is 403. The Kier molecular flexibility index (Phi) is 3.19. The molecule has 0 radical (unpaired) electrons. The number of benzene rings is 1. The van der Waals surface area contributed by atoms with Crippen LogP contribution < -0.4 is 5.73 Å². The van der Waals surface area contributed by atoms with Crippen molar-refractivity contribution in [1.82, 2.24) is 0 Å². The van der Waals surface area contributed by atoms with Gasteiger partial charge in [0.1, 0.15) is 0 Å². The summed E-state index contributed by atoms with van der Waals surface area (Å²) < 4.78 is 0. The van der Waals surface area contributed by atoms with E-state index in [2.05, 4.69) is 48.0 Å². The van der Waals surface area contributed by atoms with Crippen molar-refractivity contribution < 1.29 is 0 Å². The second-order valence-corrected chi connectivity index (χ2v) is 4.63. The second kappa shape index (κ2) is 4.60. The summed E-state index contributed by atoms with van der Waals surface area (Å²) in [4.78, 5) is 0. The average Bonchev–Trinajstić information content (AvgIpc) is 2.71. The van der Waals surface area contributed by atoms with Gasteiger partial charge >= 0.3 is 0 Å². The van der Waals surface area contributed by atoms with Gasteiger partial charge in [0.2, 0.25) is 0 Å².